The molecule has 0 bridgehead atoms. The van der Waals surface area contributed by atoms with E-state index >= 15 is 0 Å². The van der Waals surface area contributed by atoms with Crippen LogP contribution < -0.4 is 5.56 Å². The van der Waals surface area contributed by atoms with Gasteiger partial charge in [0.15, 0.2) is 0 Å². The maximum absolute atomic E-state index is 12.2. The number of sulfonamides is 1. The van der Waals surface area contributed by atoms with Crippen LogP contribution in [0.5, 0.6) is 0 Å². The molecule has 0 aromatic carbocycles. The molecule has 1 aliphatic heterocycles. The molecule has 0 N–H and O–H groups in total. The number of aryl methyl sites for hydroxylation is 1. The second-order valence-electron chi connectivity index (χ2n) is 6.10. The molecule has 124 valence electrons. The zero-order valence-electron chi connectivity index (χ0n) is 13.5. The molecule has 1 atom stereocenters. The van der Waals surface area contributed by atoms with Gasteiger partial charge in [0, 0.05) is 38.9 Å². The number of nitrogens with zero attached hydrogens (tertiary/aromatic N) is 3. The molecular formula is C15H25N3O3S. The quantitative estimate of drug-likeness (QED) is 0.808. The lowest BCUT2D eigenvalue weighted by atomic mass is 10.0. The summed E-state index contributed by atoms with van der Waals surface area (Å²) in [6.07, 6.45) is 5.91. The van der Waals surface area contributed by atoms with E-state index in [2.05, 4.69) is 11.9 Å². The Labute approximate surface area is 132 Å². The lowest BCUT2D eigenvalue weighted by Gasteiger charge is -2.32. The SMILES string of the molecule is CN1CCCCC1CCn1cc(S(=O)(=O)N(C)C)ccc1=O. The van der Waals surface area contributed by atoms with Gasteiger partial charge in [-0.1, -0.05) is 6.42 Å². The molecule has 1 saturated heterocycles. The van der Waals surface area contributed by atoms with Crippen molar-refractivity contribution in [2.45, 2.75) is 43.2 Å². The first-order valence-corrected chi connectivity index (χ1v) is 9.09. The maximum Gasteiger partial charge on any atom is 0.250 e. The smallest absolute Gasteiger partial charge is 0.250 e. The zero-order valence-corrected chi connectivity index (χ0v) is 14.3. The Morgan fingerprint density at radius 3 is 2.64 bits per heavy atom. The van der Waals surface area contributed by atoms with Gasteiger partial charge in [0.2, 0.25) is 10.0 Å². The van der Waals surface area contributed by atoms with Crippen molar-refractivity contribution in [1.29, 1.82) is 0 Å². The summed E-state index contributed by atoms with van der Waals surface area (Å²) < 4.78 is 27.0. The van der Waals surface area contributed by atoms with Gasteiger partial charge in [-0.15, -0.1) is 0 Å². The van der Waals surface area contributed by atoms with Crippen LogP contribution in [-0.2, 0) is 16.6 Å². The largest absolute Gasteiger partial charge is 0.314 e. The Morgan fingerprint density at radius 2 is 2.00 bits per heavy atom. The van der Waals surface area contributed by atoms with Gasteiger partial charge in [0.1, 0.15) is 0 Å². The van der Waals surface area contributed by atoms with Gasteiger partial charge >= 0.3 is 0 Å². The average Bonchev–Trinajstić information content (AvgIpc) is 2.47. The van der Waals surface area contributed by atoms with Crippen LogP contribution in [0.25, 0.3) is 0 Å². The van der Waals surface area contributed by atoms with Crippen molar-refractivity contribution in [3.8, 4) is 0 Å². The van der Waals surface area contributed by atoms with Gasteiger partial charge < -0.3 is 9.47 Å². The first-order chi connectivity index (χ1) is 10.3. The zero-order chi connectivity index (χ0) is 16.3. The standard InChI is InChI=1S/C15H25N3O3S/c1-16(2)22(20,21)14-7-8-15(19)18(12-14)11-9-13-6-4-5-10-17(13)3/h7-8,12-13H,4-6,9-11H2,1-3H3. The lowest BCUT2D eigenvalue weighted by Crippen LogP contribution is -2.37. The minimum Gasteiger partial charge on any atom is -0.314 e. The van der Waals surface area contributed by atoms with Gasteiger partial charge in [0.05, 0.1) is 4.90 Å². The van der Waals surface area contributed by atoms with E-state index in [4.69, 9.17) is 0 Å². The average molecular weight is 327 g/mol. The van der Waals surface area contributed by atoms with E-state index in [-0.39, 0.29) is 10.5 Å². The summed E-state index contributed by atoms with van der Waals surface area (Å²) in [5, 5.41) is 0. The third-order valence-corrected chi connectivity index (χ3v) is 6.16. The van der Waals surface area contributed by atoms with Crippen LogP contribution >= 0.6 is 0 Å². The van der Waals surface area contributed by atoms with Crippen LogP contribution in [0.15, 0.2) is 28.0 Å². The lowest BCUT2D eigenvalue weighted by molar-refractivity contribution is 0.170. The first kappa shape index (κ1) is 17.2. The van der Waals surface area contributed by atoms with E-state index in [0.717, 1.165) is 23.7 Å². The molecule has 1 aliphatic rings. The molecule has 1 aromatic heterocycles. The van der Waals surface area contributed by atoms with Crippen LogP contribution in [0, 0.1) is 0 Å². The van der Waals surface area contributed by atoms with Crippen LogP contribution in [0.4, 0.5) is 0 Å². The number of hydrogen-bond acceptors (Lipinski definition) is 4. The van der Waals surface area contributed by atoms with E-state index in [0.29, 0.717) is 12.6 Å². The number of pyridine rings is 1. The van der Waals surface area contributed by atoms with Crippen LogP contribution in [0.2, 0.25) is 0 Å². The van der Waals surface area contributed by atoms with Gasteiger partial charge in [-0.2, -0.15) is 0 Å². The van der Waals surface area contributed by atoms with Crippen molar-refractivity contribution < 1.29 is 8.42 Å². The number of piperidine rings is 1. The number of hydrogen-bond donors (Lipinski definition) is 0. The normalized spacial score (nSPS) is 20.5. The van der Waals surface area contributed by atoms with Crippen molar-refractivity contribution in [3.63, 3.8) is 0 Å². The Hall–Kier alpha value is -1.18. The molecule has 1 unspecified atom stereocenters. The van der Waals surface area contributed by atoms with E-state index in [1.165, 1.54) is 49.8 Å². The minimum absolute atomic E-state index is 0.156. The fraction of sp³-hybridized carbons (Fsp3) is 0.667. The van der Waals surface area contributed by atoms with E-state index < -0.39 is 10.0 Å². The molecule has 2 rings (SSSR count). The highest BCUT2D eigenvalue weighted by atomic mass is 32.2. The molecule has 7 heteroatoms. The fourth-order valence-corrected chi connectivity index (χ4v) is 3.77. The van der Waals surface area contributed by atoms with Crippen molar-refractivity contribution in [2.24, 2.45) is 0 Å². The Bertz CT molecular complexity index is 667. The molecule has 2 heterocycles. The molecule has 1 fully saturated rings. The molecule has 6 nitrogen and oxygen atoms in total. The predicted octanol–water partition coefficient (Wildman–Crippen LogP) is 0.973. The molecule has 0 radical (unpaired) electrons. The van der Waals surface area contributed by atoms with Gasteiger partial charge in [-0.3, -0.25) is 4.79 Å². The van der Waals surface area contributed by atoms with Gasteiger partial charge in [0.25, 0.3) is 5.56 Å². The van der Waals surface area contributed by atoms with E-state index in [1.807, 2.05) is 0 Å². The monoisotopic (exact) mass is 327 g/mol. The van der Waals surface area contributed by atoms with Crippen molar-refractivity contribution in [1.82, 2.24) is 13.8 Å². The van der Waals surface area contributed by atoms with E-state index in [1.54, 1.807) is 0 Å². The maximum atomic E-state index is 12.2. The van der Waals surface area contributed by atoms with E-state index in [9.17, 15) is 13.2 Å². The Morgan fingerprint density at radius 1 is 1.27 bits per heavy atom. The summed E-state index contributed by atoms with van der Waals surface area (Å²) >= 11 is 0. The number of rotatable bonds is 5. The number of aromatic nitrogens is 1. The van der Waals surface area contributed by atoms with Gasteiger partial charge in [-0.05, 0) is 38.9 Å². The summed E-state index contributed by atoms with van der Waals surface area (Å²) in [7, 11) is 1.58. The second-order valence-corrected chi connectivity index (χ2v) is 8.25. The molecule has 0 spiro atoms. The molecule has 0 amide bonds. The summed E-state index contributed by atoms with van der Waals surface area (Å²) in [6, 6.07) is 3.18. The molecule has 0 saturated carbocycles. The second kappa shape index (κ2) is 6.93. The third kappa shape index (κ3) is 3.77. The third-order valence-electron chi connectivity index (χ3n) is 4.36. The highest BCUT2D eigenvalue weighted by molar-refractivity contribution is 7.89. The van der Waals surface area contributed by atoms with Gasteiger partial charge in [-0.25, -0.2) is 12.7 Å². The summed E-state index contributed by atoms with van der Waals surface area (Å²) in [4.78, 5) is 14.5. The molecule has 22 heavy (non-hydrogen) atoms. The van der Waals surface area contributed by atoms with Crippen molar-refractivity contribution in [3.05, 3.63) is 28.7 Å². The summed E-state index contributed by atoms with van der Waals surface area (Å²) in [6.45, 7) is 1.64. The van der Waals surface area contributed by atoms with Crippen LogP contribution in [0.1, 0.15) is 25.7 Å². The number of likely N-dealkylation sites (tertiary alicyclic amines) is 1. The molecule has 1 aromatic rings. The van der Waals surface area contributed by atoms with Crippen molar-refractivity contribution >= 4 is 10.0 Å². The van der Waals surface area contributed by atoms with Crippen molar-refractivity contribution in [2.75, 3.05) is 27.7 Å². The highest BCUT2D eigenvalue weighted by Gasteiger charge is 2.20. The minimum atomic E-state index is -3.51. The highest BCUT2D eigenvalue weighted by Crippen LogP contribution is 2.18. The Balaban J connectivity index is 2.16. The predicted molar refractivity (Wildman–Crippen MR) is 86.5 cm³/mol. The fourth-order valence-electron chi connectivity index (χ4n) is 2.84. The van der Waals surface area contributed by atoms with Crippen LogP contribution in [0.3, 0.4) is 0 Å². The molecule has 0 aliphatic carbocycles. The topological polar surface area (TPSA) is 62.6 Å². The summed E-state index contributed by atoms with van der Waals surface area (Å²) in [5.41, 5.74) is -0.156. The molecular weight excluding hydrogens is 302 g/mol. The van der Waals surface area contributed by atoms with Crippen LogP contribution in [-0.4, -0.2) is 55.9 Å². The summed E-state index contributed by atoms with van der Waals surface area (Å²) in [5.74, 6) is 0. The first-order valence-electron chi connectivity index (χ1n) is 7.65. The Kier molecular flexibility index (Phi) is 5.41.